The van der Waals surface area contributed by atoms with Gasteiger partial charge in [-0.3, -0.25) is 10.1 Å². The van der Waals surface area contributed by atoms with Gasteiger partial charge in [0.25, 0.3) is 5.69 Å². The lowest BCUT2D eigenvalue weighted by Crippen LogP contribution is -2.22. The van der Waals surface area contributed by atoms with Crippen LogP contribution in [0.15, 0.2) is 18.2 Å². The molecule has 0 aliphatic heterocycles. The van der Waals surface area contributed by atoms with Crippen molar-refractivity contribution >= 4 is 17.1 Å². The van der Waals surface area contributed by atoms with Gasteiger partial charge in [0, 0.05) is 43.6 Å². The molecule has 0 aliphatic rings. The normalized spacial score (nSPS) is 12.0. The average molecular weight is 281 g/mol. The highest BCUT2D eigenvalue weighted by Gasteiger charge is 2.12. The summed E-state index contributed by atoms with van der Waals surface area (Å²) in [7, 11) is 1.87. The lowest BCUT2D eigenvalue weighted by molar-refractivity contribution is -0.384. The Balaban J connectivity index is 2.92. The molecular weight excluding hydrogens is 258 g/mol. The van der Waals surface area contributed by atoms with Crippen molar-refractivity contribution in [2.24, 2.45) is 0 Å². The molecule has 1 rings (SSSR count). The first kappa shape index (κ1) is 16.2. The molecule has 2 N–H and O–H groups in total. The summed E-state index contributed by atoms with van der Waals surface area (Å²) in [6.07, 6.45) is 1.20. The number of aliphatic hydroxyl groups is 1. The standard InChI is InChI=1S/C14H23N3O3/c1-4-6-15-12-8-13(10-14(9-12)17(19)20)16(3)7-5-11(2)18/h8-11,15,18H,4-7H2,1-3H3. The molecule has 0 aromatic heterocycles. The lowest BCUT2D eigenvalue weighted by Gasteiger charge is -2.21. The molecule has 6 nitrogen and oxygen atoms in total. The van der Waals surface area contributed by atoms with Crippen LogP contribution in [0.4, 0.5) is 17.1 Å². The fraction of sp³-hybridized carbons (Fsp3) is 0.571. The largest absolute Gasteiger partial charge is 0.393 e. The van der Waals surface area contributed by atoms with Crippen LogP contribution >= 0.6 is 0 Å². The van der Waals surface area contributed by atoms with Crippen molar-refractivity contribution in [2.75, 3.05) is 30.4 Å². The SMILES string of the molecule is CCCNc1cc(N(C)CCC(C)O)cc([N+](=O)[O-])c1. The van der Waals surface area contributed by atoms with Gasteiger partial charge < -0.3 is 15.3 Å². The van der Waals surface area contributed by atoms with E-state index in [2.05, 4.69) is 5.32 Å². The molecule has 1 atom stereocenters. The van der Waals surface area contributed by atoms with Crippen molar-refractivity contribution in [3.05, 3.63) is 28.3 Å². The summed E-state index contributed by atoms with van der Waals surface area (Å²) in [5.41, 5.74) is 1.60. The minimum atomic E-state index is -0.386. The second kappa shape index (κ2) is 7.69. The van der Waals surface area contributed by atoms with Gasteiger partial charge in [-0.1, -0.05) is 6.92 Å². The van der Waals surface area contributed by atoms with Crippen LogP contribution in [0.1, 0.15) is 26.7 Å². The first-order valence-electron chi connectivity index (χ1n) is 6.86. The van der Waals surface area contributed by atoms with Crippen LogP contribution in [0, 0.1) is 10.1 Å². The molecular formula is C14H23N3O3. The molecule has 0 aliphatic carbocycles. The summed E-state index contributed by atoms with van der Waals surface area (Å²) < 4.78 is 0. The first-order chi connectivity index (χ1) is 9.43. The van der Waals surface area contributed by atoms with E-state index in [4.69, 9.17) is 0 Å². The highest BCUT2D eigenvalue weighted by atomic mass is 16.6. The molecule has 0 saturated heterocycles. The number of nitrogens with one attached hydrogen (secondary N) is 1. The summed E-state index contributed by atoms with van der Waals surface area (Å²) in [6.45, 7) is 5.19. The van der Waals surface area contributed by atoms with Crippen LogP contribution in [0.5, 0.6) is 0 Å². The third kappa shape index (κ3) is 5.05. The molecule has 0 amide bonds. The summed E-state index contributed by atoms with van der Waals surface area (Å²) in [5.74, 6) is 0. The Labute approximate surface area is 119 Å². The smallest absolute Gasteiger partial charge is 0.273 e. The number of hydrogen-bond acceptors (Lipinski definition) is 5. The van der Waals surface area contributed by atoms with Crippen molar-refractivity contribution in [2.45, 2.75) is 32.8 Å². The van der Waals surface area contributed by atoms with Crippen LogP contribution in [0.2, 0.25) is 0 Å². The molecule has 0 radical (unpaired) electrons. The molecule has 1 aromatic rings. The Morgan fingerprint density at radius 2 is 2.15 bits per heavy atom. The van der Waals surface area contributed by atoms with Crippen molar-refractivity contribution in [3.8, 4) is 0 Å². The molecule has 6 heteroatoms. The van der Waals surface area contributed by atoms with E-state index in [-0.39, 0.29) is 16.7 Å². The Kier molecular flexibility index (Phi) is 6.24. The maximum atomic E-state index is 11.0. The van der Waals surface area contributed by atoms with Gasteiger partial charge in [0.15, 0.2) is 0 Å². The van der Waals surface area contributed by atoms with Gasteiger partial charge in [-0.05, 0) is 25.8 Å². The van der Waals surface area contributed by atoms with Crippen molar-refractivity contribution in [1.29, 1.82) is 0 Å². The number of non-ortho nitro benzene ring substituents is 1. The van der Waals surface area contributed by atoms with E-state index in [9.17, 15) is 15.2 Å². The first-order valence-corrected chi connectivity index (χ1v) is 6.86. The van der Waals surface area contributed by atoms with Gasteiger partial charge in [-0.15, -0.1) is 0 Å². The van der Waals surface area contributed by atoms with Crippen LogP contribution in [-0.4, -0.2) is 36.3 Å². The molecule has 112 valence electrons. The predicted octanol–water partition coefficient (Wildman–Crippen LogP) is 2.62. The fourth-order valence-corrected chi connectivity index (χ4v) is 1.80. The van der Waals surface area contributed by atoms with E-state index in [1.54, 1.807) is 19.1 Å². The summed E-state index contributed by atoms with van der Waals surface area (Å²) in [6, 6.07) is 4.99. The number of hydrogen-bond donors (Lipinski definition) is 2. The monoisotopic (exact) mass is 281 g/mol. The van der Waals surface area contributed by atoms with Gasteiger partial charge in [0.05, 0.1) is 11.0 Å². The molecule has 20 heavy (non-hydrogen) atoms. The number of benzene rings is 1. The fourth-order valence-electron chi connectivity index (χ4n) is 1.80. The summed E-state index contributed by atoms with van der Waals surface area (Å²) >= 11 is 0. The Morgan fingerprint density at radius 1 is 1.45 bits per heavy atom. The number of aliphatic hydroxyl groups excluding tert-OH is 1. The van der Waals surface area contributed by atoms with E-state index in [0.717, 1.165) is 24.3 Å². The number of rotatable bonds is 8. The maximum Gasteiger partial charge on any atom is 0.273 e. The van der Waals surface area contributed by atoms with E-state index in [0.29, 0.717) is 13.0 Å². The topological polar surface area (TPSA) is 78.6 Å². The third-order valence-corrected chi connectivity index (χ3v) is 3.02. The zero-order valence-corrected chi connectivity index (χ0v) is 12.3. The number of nitro groups is 1. The second-order valence-electron chi connectivity index (χ2n) is 4.98. The Hall–Kier alpha value is -1.82. The van der Waals surface area contributed by atoms with E-state index in [1.807, 2.05) is 24.9 Å². The minimum absolute atomic E-state index is 0.0741. The molecule has 0 fully saturated rings. The van der Waals surface area contributed by atoms with Gasteiger partial charge in [0.1, 0.15) is 0 Å². The molecule has 1 unspecified atom stereocenters. The molecule has 0 spiro atoms. The van der Waals surface area contributed by atoms with E-state index >= 15 is 0 Å². The molecule has 0 heterocycles. The summed E-state index contributed by atoms with van der Waals surface area (Å²) in [5, 5.41) is 23.5. The summed E-state index contributed by atoms with van der Waals surface area (Å²) in [4.78, 5) is 12.5. The van der Waals surface area contributed by atoms with Gasteiger partial charge in [-0.2, -0.15) is 0 Å². The average Bonchev–Trinajstić information content (AvgIpc) is 2.41. The minimum Gasteiger partial charge on any atom is -0.393 e. The Bertz CT molecular complexity index is 449. The third-order valence-electron chi connectivity index (χ3n) is 3.02. The van der Waals surface area contributed by atoms with Crippen molar-refractivity contribution < 1.29 is 10.0 Å². The van der Waals surface area contributed by atoms with Crippen LogP contribution < -0.4 is 10.2 Å². The van der Waals surface area contributed by atoms with Gasteiger partial charge >= 0.3 is 0 Å². The predicted molar refractivity (Wildman–Crippen MR) is 81.4 cm³/mol. The quantitative estimate of drug-likeness (QED) is 0.565. The van der Waals surface area contributed by atoms with E-state index < -0.39 is 0 Å². The van der Waals surface area contributed by atoms with Gasteiger partial charge in [-0.25, -0.2) is 0 Å². The molecule has 0 saturated carbocycles. The molecule has 1 aromatic carbocycles. The van der Waals surface area contributed by atoms with E-state index in [1.165, 1.54) is 0 Å². The second-order valence-corrected chi connectivity index (χ2v) is 4.98. The molecule has 0 bridgehead atoms. The lowest BCUT2D eigenvalue weighted by atomic mass is 10.2. The van der Waals surface area contributed by atoms with Crippen LogP contribution in [0.25, 0.3) is 0 Å². The zero-order valence-electron chi connectivity index (χ0n) is 12.3. The number of nitrogens with zero attached hydrogens (tertiary/aromatic N) is 2. The number of nitro benzene ring substituents is 1. The highest BCUT2D eigenvalue weighted by molar-refractivity contribution is 5.64. The Morgan fingerprint density at radius 3 is 2.70 bits per heavy atom. The number of anilines is 2. The zero-order chi connectivity index (χ0) is 15.1. The van der Waals surface area contributed by atoms with Crippen molar-refractivity contribution in [1.82, 2.24) is 0 Å². The van der Waals surface area contributed by atoms with Crippen LogP contribution in [0.3, 0.4) is 0 Å². The highest BCUT2D eigenvalue weighted by Crippen LogP contribution is 2.26. The van der Waals surface area contributed by atoms with Gasteiger partial charge in [0.2, 0.25) is 0 Å². The van der Waals surface area contributed by atoms with Crippen LogP contribution in [-0.2, 0) is 0 Å². The van der Waals surface area contributed by atoms with Crippen molar-refractivity contribution in [3.63, 3.8) is 0 Å². The maximum absolute atomic E-state index is 11.0.